The van der Waals surface area contributed by atoms with Crippen LogP contribution in [0.25, 0.3) is 11.1 Å². The molecule has 0 aliphatic carbocycles. The number of halogens is 3. The van der Waals surface area contributed by atoms with E-state index in [4.69, 9.17) is 9.47 Å². The van der Waals surface area contributed by atoms with Gasteiger partial charge in [0, 0.05) is 31.1 Å². The Balaban J connectivity index is 1.68. The molecule has 2 aromatic heterocycles. The van der Waals surface area contributed by atoms with Crippen molar-refractivity contribution >= 4 is 23.6 Å². The van der Waals surface area contributed by atoms with Gasteiger partial charge in [0.05, 0.1) is 26.5 Å². The lowest BCUT2D eigenvalue weighted by atomic mass is 10.0. The predicted molar refractivity (Wildman–Crippen MR) is 117 cm³/mol. The summed E-state index contributed by atoms with van der Waals surface area (Å²) in [6.45, 7) is 2.94. The summed E-state index contributed by atoms with van der Waals surface area (Å²) in [4.78, 5) is 22.3. The van der Waals surface area contributed by atoms with Gasteiger partial charge in [-0.15, -0.1) is 10.2 Å². The molecule has 12 heteroatoms. The molecule has 0 saturated carbocycles. The number of alkyl halides is 2. The molecule has 0 amide bonds. The van der Waals surface area contributed by atoms with E-state index in [9.17, 15) is 18.0 Å². The van der Waals surface area contributed by atoms with Gasteiger partial charge in [-0.3, -0.25) is 0 Å². The number of aromatic nitrogens is 4. The molecule has 178 valence electrons. The molecule has 1 fully saturated rings. The minimum atomic E-state index is -3.02. The first-order valence-electron chi connectivity index (χ1n) is 10.3. The molecule has 0 radical (unpaired) electrons. The average Bonchev–Trinajstić information content (AvgIpc) is 2.85. The largest absolute Gasteiger partial charge is 0.464 e. The first-order valence-corrected chi connectivity index (χ1v) is 10.3. The molecular formula is C22H21F3N6O3. The highest BCUT2D eigenvalue weighted by Crippen LogP contribution is 2.31. The van der Waals surface area contributed by atoms with E-state index >= 15 is 0 Å². The maximum absolute atomic E-state index is 14.4. The zero-order chi connectivity index (χ0) is 24.3. The molecule has 0 spiro atoms. The topological polar surface area (TPSA) is 102 Å². The van der Waals surface area contributed by atoms with E-state index in [0.29, 0.717) is 37.8 Å². The van der Waals surface area contributed by atoms with E-state index in [1.165, 1.54) is 37.4 Å². The maximum Gasteiger partial charge on any atom is 0.359 e. The zero-order valence-electron chi connectivity index (χ0n) is 18.4. The number of nitrogens with zero attached hydrogens (tertiary/aromatic N) is 5. The van der Waals surface area contributed by atoms with Gasteiger partial charge in [-0.05, 0) is 11.6 Å². The van der Waals surface area contributed by atoms with Crippen LogP contribution in [0.4, 0.5) is 30.8 Å². The molecule has 0 bridgehead atoms. The second-order valence-electron chi connectivity index (χ2n) is 7.54. The number of ether oxygens (including phenoxy) is 2. The van der Waals surface area contributed by atoms with Crippen molar-refractivity contribution in [2.75, 3.05) is 43.6 Å². The van der Waals surface area contributed by atoms with Crippen LogP contribution in [-0.2, 0) is 15.4 Å². The molecule has 1 saturated heterocycles. The summed E-state index contributed by atoms with van der Waals surface area (Å²) in [5.41, 5.74) is 0.373. The van der Waals surface area contributed by atoms with Gasteiger partial charge in [0.25, 0.3) is 5.92 Å². The summed E-state index contributed by atoms with van der Waals surface area (Å²) in [6.07, 6.45) is 1.04. The van der Waals surface area contributed by atoms with Crippen molar-refractivity contribution in [3.8, 4) is 11.1 Å². The molecule has 1 aliphatic rings. The number of carbonyl (C=O) groups is 1. The molecule has 1 aliphatic heterocycles. The van der Waals surface area contributed by atoms with Crippen LogP contribution in [0.5, 0.6) is 0 Å². The van der Waals surface area contributed by atoms with Gasteiger partial charge >= 0.3 is 5.97 Å². The predicted octanol–water partition coefficient (Wildman–Crippen LogP) is 3.55. The molecule has 34 heavy (non-hydrogen) atoms. The fourth-order valence-electron chi connectivity index (χ4n) is 3.35. The number of morpholine rings is 1. The molecule has 1 aromatic carbocycles. The van der Waals surface area contributed by atoms with E-state index < -0.39 is 17.7 Å². The van der Waals surface area contributed by atoms with Gasteiger partial charge in [-0.25, -0.2) is 22.9 Å². The quantitative estimate of drug-likeness (QED) is 0.537. The first-order chi connectivity index (χ1) is 16.3. The number of esters is 1. The van der Waals surface area contributed by atoms with E-state index in [0.717, 1.165) is 13.1 Å². The van der Waals surface area contributed by atoms with Gasteiger partial charge in [-0.2, -0.15) is 4.98 Å². The Bertz CT molecular complexity index is 1180. The van der Waals surface area contributed by atoms with Crippen LogP contribution in [0.15, 0.2) is 36.5 Å². The minimum absolute atomic E-state index is 0.0816. The van der Waals surface area contributed by atoms with Crippen LogP contribution in [0.2, 0.25) is 0 Å². The van der Waals surface area contributed by atoms with Gasteiger partial charge in [-0.1, -0.05) is 24.3 Å². The van der Waals surface area contributed by atoms with Crippen molar-refractivity contribution in [1.29, 1.82) is 0 Å². The standard InChI is InChI=1S/C22H21F3N6O3/c1-22(24,25)14-5-3-13(4-6-14)15-11-17(29-30-18(15)20(32)33-2)27-19-16(23)12-26-21(28-19)31-7-9-34-10-8-31/h3-6,11-12H,7-10H2,1-2H3,(H,26,27,28,29). The average molecular weight is 474 g/mol. The highest BCUT2D eigenvalue weighted by molar-refractivity contribution is 5.95. The lowest BCUT2D eigenvalue weighted by Crippen LogP contribution is -2.37. The number of carbonyl (C=O) groups excluding carboxylic acids is 1. The van der Waals surface area contributed by atoms with E-state index in [1.54, 1.807) is 0 Å². The molecule has 0 unspecified atom stereocenters. The monoisotopic (exact) mass is 474 g/mol. The molecule has 3 heterocycles. The van der Waals surface area contributed by atoms with Gasteiger partial charge in [0.15, 0.2) is 23.1 Å². The van der Waals surface area contributed by atoms with Crippen LogP contribution in [0.3, 0.4) is 0 Å². The summed E-state index contributed by atoms with van der Waals surface area (Å²) in [5, 5.41) is 10.6. The van der Waals surface area contributed by atoms with Crippen molar-refractivity contribution in [2.24, 2.45) is 0 Å². The summed E-state index contributed by atoms with van der Waals surface area (Å²) >= 11 is 0. The number of benzene rings is 1. The Morgan fingerprint density at radius 2 is 1.88 bits per heavy atom. The fourth-order valence-corrected chi connectivity index (χ4v) is 3.35. The third kappa shape index (κ3) is 5.06. The number of hydrogen-bond acceptors (Lipinski definition) is 9. The SMILES string of the molecule is COC(=O)c1nnc(Nc2nc(N3CCOCC3)ncc2F)cc1-c1ccc(C(C)(F)F)cc1. The van der Waals surface area contributed by atoms with Crippen molar-refractivity contribution in [3.63, 3.8) is 0 Å². The lowest BCUT2D eigenvalue weighted by Gasteiger charge is -2.26. The van der Waals surface area contributed by atoms with Crippen molar-refractivity contribution < 1.29 is 27.4 Å². The van der Waals surface area contributed by atoms with Gasteiger partial charge in [0.1, 0.15) is 0 Å². The third-order valence-corrected chi connectivity index (χ3v) is 5.15. The number of nitrogens with one attached hydrogen (secondary N) is 1. The molecule has 9 nitrogen and oxygen atoms in total. The number of hydrogen-bond donors (Lipinski definition) is 1. The van der Waals surface area contributed by atoms with Crippen LogP contribution < -0.4 is 10.2 Å². The molecule has 3 aromatic rings. The van der Waals surface area contributed by atoms with E-state index in [1.807, 2.05) is 4.90 Å². The highest BCUT2D eigenvalue weighted by Gasteiger charge is 2.25. The van der Waals surface area contributed by atoms with Gasteiger partial charge < -0.3 is 19.7 Å². The Kier molecular flexibility index (Phi) is 6.59. The summed E-state index contributed by atoms with van der Waals surface area (Å²) in [5.74, 6) is -4.23. The summed E-state index contributed by atoms with van der Waals surface area (Å²) in [7, 11) is 1.18. The normalized spacial score (nSPS) is 14.1. The zero-order valence-corrected chi connectivity index (χ0v) is 18.4. The van der Waals surface area contributed by atoms with Crippen LogP contribution in [-0.4, -0.2) is 59.5 Å². The number of rotatable bonds is 6. The Labute approximate surface area is 193 Å². The highest BCUT2D eigenvalue weighted by atomic mass is 19.3. The molecule has 1 N–H and O–H groups in total. The summed E-state index contributed by atoms with van der Waals surface area (Å²) < 4.78 is 51.7. The number of anilines is 3. The van der Waals surface area contributed by atoms with E-state index in [-0.39, 0.29) is 28.5 Å². The first kappa shape index (κ1) is 23.4. The van der Waals surface area contributed by atoms with Crippen LogP contribution in [0, 0.1) is 5.82 Å². The second kappa shape index (κ2) is 9.59. The fraction of sp³-hybridized carbons (Fsp3) is 0.318. The molecule has 4 rings (SSSR count). The Morgan fingerprint density at radius 1 is 1.18 bits per heavy atom. The van der Waals surface area contributed by atoms with Crippen LogP contribution >= 0.6 is 0 Å². The van der Waals surface area contributed by atoms with Gasteiger partial charge in [0.2, 0.25) is 5.95 Å². The van der Waals surface area contributed by atoms with Crippen molar-refractivity contribution in [1.82, 2.24) is 20.2 Å². The summed E-state index contributed by atoms with van der Waals surface area (Å²) in [6, 6.07) is 6.81. The smallest absolute Gasteiger partial charge is 0.359 e. The van der Waals surface area contributed by atoms with Crippen molar-refractivity contribution in [3.05, 3.63) is 53.6 Å². The Morgan fingerprint density at radius 3 is 2.53 bits per heavy atom. The van der Waals surface area contributed by atoms with Crippen molar-refractivity contribution in [2.45, 2.75) is 12.8 Å². The number of methoxy groups -OCH3 is 1. The Hall–Kier alpha value is -3.80. The molecular weight excluding hydrogens is 453 g/mol. The molecule has 0 atom stereocenters. The maximum atomic E-state index is 14.4. The lowest BCUT2D eigenvalue weighted by molar-refractivity contribution is 0.0175. The third-order valence-electron chi connectivity index (χ3n) is 5.15. The second-order valence-corrected chi connectivity index (χ2v) is 7.54. The van der Waals surface area contributed by atoms with Crippen LogP contribution in [0.1, 0.15) is 23.0 Å². The van der Waals surface area contributed by atoms with E-state index in [2.05, 4.69) is 25.5 Å². The minimum Gasteiger partial charge on any atom is -0.464 e.